The lowest BCUT2D eigenvalue weighted by molar-refractivity contribution is 0.572. The lowest BCUT2D eigenvalue weighted by atomic mass is 9.86. The molecule has 0 amide bonds. The van der Waals surface area contributed by atoms with Crippen LogP contribution in [0.1, 0.15) is 52.7 Å². The minimum atomic E-state index is -0.0876. The molecule has 0 fully saturated rings. The molecule has 0 N–H and O–H groups in total. The zero-order valence-corrected chi connectivity index (χ0v) is 45.4. The van der Waals surface area contributed by atoms with E-state index in [-0.39, 0.29) is 10.8 Å². The van der Waals surface area contributed by atoms with Gasteiger partial charge in [0.2, 0.25) is 0 Å². The monoisotopic (exact) mass is 1030 g/mol. The molecule has 382 valence electrons. The van der Waals surface area contributed by atoms with Crippen molar-refractivity contribution in [2.45, 2.75) is 52.4 Å². The Labute approximate surface area is 461 Å². The number of benzene rings is 11. The average molecular weight is 1030 g/mol. The van der Waals surface area contributed by atoms with Crippen molar-refractivity contribution in [2.75, 3.05) is 9.80 Å². The molecule has 0 atom stereocenters. The summed E-state index contributed by atoms with van der Waals surface area (Å²) in [4.78, 5) is 4.75. The molecule has 6 heterocycles. The Hall–Kier alpha value is -9.78. The van der Waals surface area contributed by atoms with E-state index in [2.05, 4.69) is 279 Å². The molecule has 0 saturated heterocycles. The van der Waals surface area contributed by atoms with Gasteiger partial charge in [-0.25, -0.2) is 0 Å². The topological polar surface area (TPSA) is 41.6 Å². The number of hydrogen-bond donors (Lipinski definition) is 0. The first-order valence-corrected chi connectivity index (χ1v) is 27.9. The van der Waals surface area contributed by atoms with Crippen LogP contribution in [0.3, 0.4) is 0 Å². The molecule has 0 aliphatic heterocycles. The average Bonchev–Trinajstić information content (AvgIpc) is 3.99. The number of anilines is 6. The Kier molecular flexibility index (Phi) is 9.01. The van der Waals surface area contributed by atoms with Crippen molar-refractivity contribution in [3.8, 4) is 0 Å². The third kappa shape index (κ3) is 6.13. The normalized spacial score (nSPS) is 12.9. The van der Waals surface area contributed by atoms with Crippen LogP contribution in [0, 0.1) is 0 Å². The van der Waals surface area contributed by atoms with Crippen LogP contribution in [0.15, 0.2) is 227 Å². The van der Waals surface area contributed by atoms with Crippen LogP contribution in [0.2, 0.25) is 0 Å². The fourth-order valence-corrected chi connectivity index (χ4v) is 13.9. The van der Waals surface area contributed by atoms with Gasteiger partial charge in [-0.15, -0.1) is 0 Å². The van der Waals surface area contributed by atoms with Crippen LogP contribution in [-0.4, -0.2) is 8.80 Å². The summed E-state index contributed by atoms with van der Waals surface area (Å²) in [5.41, 5.74) is 19.3. The van der Waals surface area contributed by atoms with E-state index in [9.17, 15) is 0 Å². The zero-order chi connectivity index (χ0) is 53.5. The first-order chi connectivity index (χ1) is 39.0. The smallest absolute Gasteiger partial charge is 0.159 e. The van der Waals surface area contributed by atoms with E-state index < -0.39 is 0 Å². The summed E-state index contributed by atoms with van der Waals surface area (Å²) in [5, 5.41) is 14.4. The van der Waals surface area contributed by atoms with E-state index in [1.165, 1.54) is 76.3 Å². The van der Waals surface area contributed by atoms with Crippen molar-refractivity contribution in [1.29, 1.82) is 0 Å². The third-order valence-electron chi connectivity index (χ3n) is 17.4. The predicted molar refractivity (Wildman–Crippen MR) is 337 cm³/mol. The maximum Gasteiger partial charge on any atom is 0.159 e. The molecular formula is C74H54N4O2. The lowest BCUT2D eigenvalue weighted by Crippen LogP contribution is -2.11. The fraction of sp³-hybridized carbons (Fsp3) is 0.108. The minimum absolute atomic E-state index is 0.0876. The summed E-state index contributed by atoms with van der Waals surface area (Å²) in [6.45, 7) is 13.5. The number of fused-ring (bicyclic) bond motifs is 18. The number of nitrogens with zero attached hydrogens (tertiary/aromatic N) is 4. The van der Waals surface area contributed by atoms with E-state index in [4.69, 9.17) is 8.83 Å². The highest BCUT2D eigenvalue weighted by molar-refractivity contribution is 6.29. The van der Waals surface area contributed by atoms with E-state index in [1.807, 2.05) is 0 Å². The third-order valence-corrected chi connectivity index (χ3v) is 17.4. The number of furan rings is 2. The molecule has 0 spiro atoms. The van der Waals surface area contributed by atoms with Crippen molar-refractivity contribution >= 4 is 154 Å². The molecule has 0 unspecified atom stereocenters. The quantitative estimate of drug-likeness (QED) is 0.166. The van der Waals surface area contributed by atoms with Crippen molar-refractivity contribution in [2.24, 2.45) is 0 Å². The maximum absolute atomic E-state index is 7.06. The van der Waals surface area contributed by atoms with Gasteiger partial charge in [0.1, 0.15) is 11.2 Å². The van der Waals surface area contributed by atoms with E-state index in [1.54, 1.807) is 0 Å². The number of hydrogen-bond acceptors (Lipinski definition) is 4. The van der Waals surface area contributed by atoms with Gasteiger partial charge < -0.3 is 27.4 Å². The molecule has 11 aromatic carbocycles. The van der Waals surface area contributed by atoms with Gasteiger partial charge in [0.25, 0.3) is 0 Å². The van der Waals surface area contributed by atoms with Gasteiger partial charge in [0.15, 0.2) is 11.2 Å². The second-order valence-corrected chi connectivity index (χ2v) is 24.1. The highest BCUT2D eigenvalue weighted by Gasteiger charge is 2.29. The number of aromatic nitrogens is 2. The van der Waals surface area contributed by atoms with Gasteiger partial charge in [0, 0.05) is 98.5 Å². The highest BCUT2D eigenvalue weighted by Crippen LogP contribution is 2.50. The molecule has 17 aromatic rings. The zero-order valence-electron chi connectivity index (χ0n) is 45.4. The highest BCUT2D eigenvalue weighted by atomic mass is 16.3. The summed E-state index contributed by atoms with van der Waals surface area (Å²) in [5.74, 6) is 0. The summed E-state index contributed by atoms with van der Waals surface area (Å²) in [6, 6.07) is 80.3. The van der Waals surface area contributed by atoms with Crippen molar-refractivity contribution in [3.63, 3.8) is 0 Å². The Morgan fingerprint density at radius 1 is 0.275 bits per heavy atom. The van der Waals surface area contributed by atoms with Gasteiger partial charge in [0.05, 0.1) is 44.5 Å². The van der Waals surface area contributed by atoms with E-state index in [0.29, 0.717) is 0 Å². The van der Waals surface area contributed by atoms with Crippen LogP contribution in [0.25, 0.3) is 120 Å². The SMILES string of the molecule is CC(C)(C)c1cccc2c1oc1c(N(c3ccccc3)c3ccc4c5cccc6c7cc8c(cc7n(c4c3)c56)c3cccc4c5ccc(N(c6ccccc6)c6cccc7c6oc6c(C(C)(C)C)cccc67)cc5n8c43)cccc12. The van der Waals surface area contributed by atoms with Gasteiger partial charge in [-0.2, -0.15) is 0 Å². The maximum atomic E-state index is 7.06. The molecule has 6 nitrogen and oxygen atoms in total. The van der Waals surface area contributed by atoms with Gasteiger partial charge in [-0.05, 0) is 83.6 Å². The first kappa shape index (κ1) is 45.3. The Balaban J connectivity index is 0.887. The van der Waals surface area contributed by atoms with Crippen LogP contribution in [0.5, 0.6) is 0 Å². The molecular weight excluding hydrogens is 977 g/mol. The standard InChI is InChI=1S/C74H54N4O2/c1-73(2,3)59-31-15-27-53-55-29-17-33-61(71(55)79-69(53)59)75(43-19-9-7-10-20-43)45-35-37-47-49-23-13-25-51-57-42-66-58(41-65(57)77(67(49)51)63(47)39-45)52-26-14-24-50-48-38-36-46(40-64(48)78(66)68(50)52)76(44-21-11-8-12-22-44)62-34-18-30-56-54-28-16-32-60(74(4,5)6)70(54)80-72(56)62/h7-42H,1-6H3. The van der Waals surface area contributed by atoms with Gasteiger partial charge >= 0.3 is 0 Å². The molecule has 0 radical (unpaired) electrons. The Bertz CT molecular complexity index is 5050. The fourth-order valence-electron chi connectivity index (χ4n) is 13.9. The van der Waals surface area contributed by atoms with Crippen molar-refractivity contribution in [1.82, 2.24) is 8.80 Å². The molecule has 6 heteroatoms. The molecule has 0 aliphatic carbocycles. The molecule has 80 heavy (non-hydrogen) atoms. The second-order valence-electron chi connectivity index (χ2n) is 24.1. The minimum Gasteiger partial charge on any atom is -0.454 e. The summed E-state index contributed by atoms with van der Waals surface area (Å²) in [6.07, 6.45) is 0. The lowest BCUT2D eigenvalue weighted by Gasteiger charge is -2.25. The van der Waals surface area contributed by atoms with Crippen LogP contribution < -0.4 is 9.80 Å². The summed E-state index contributed by atoms with van der Waals surface area (Å²) >= 11 is 0. The number of rotatable bonds is 6. The largest absolute Gasteiger partial charge is 0.454 e. The Morgan fingerprint density at radius 2 is 0.613 bits per heavy atom. The van der Waals surface area contributed by atoms with E-state index >= 15 is 0 Å². The van der Waals surface area contributed by atoms with Gasteiger partial charge in [-0.3, -0.25) is 0 Å². The predicted octanol–water partition coefficient (Wildman–Crippen LogP) is 21.3. The molecule has 0 aliphatic rings. The summed E-state index contributed by atoms with van der Waals surface area (Å²) < 4.78 is 19.2. The van der Waals surface area contributed by atoms with E-state index in [0.717, 1.165) is 89.0 Å². The van der Waals surface area contributed by atoms with Crippen molar-refractivity contribution < 1.29 is 8.83 Å². The van der Waals surface area contributed by atoms with Crippen LogP contribution in [-0.2, 0) is 10.8 Å². The second kappa shape index (κ2) is 15.9. The molecule has 0 bridgehead atoms. The first-order valence-electron chi connectivity index (χ1n) is 27.9. The number of para-hydroxylation sites is 8. The molecule has 6 aromatic heterocycles. The Morgan fingerprint density at radius 3 is 1.01 bits per heavy atom. The van der Waals surface area contributed by atoms with Crippen LogP contribution in [0.4, 0.5) is 34.1 Å². The molecule has 17 rings (SSSR count). The van der Waals surface area contributed by atoms with Crippen LogP contribution >= 0.6 is 0 Å². The molecule has 0 saturated carbocycles. The summed E-state index contributed by atoms with van der Waals surface area (Å²) in [7, 11) is 0. The van der Waals surface area contributed by atoms with Crippen molar-refractivity contribution in [3.05, 3.63) is 230 Å². The van der Waals surface area contributed by atoms with Gasteiger partial charge in [-0.1, -0.05) is 187 Å².